The maximum Gasteiger partial charge on any atom is 0.343 e. The van der Waals surface area contributed by atoms with Gasteiger partial charge in [-0.15, -0.1) is 0 Å². The van der Waals surface area contributed by atoms with Crippen LogP contribution in [0.15, 0.2) is 11.8 Å². The average Bonchev–Trinajstić information content (AvgIpc) is 3.73. The highest BCUT2D eigenvalue weighted by atomic mass is 16.6. The van der Waals surface area contributed by atoms with Crippen LogP contribution in [0.25, 0.3) is 0 Å². The number of allylic oxidation sites excluding steroid dienone is 1. The minimum Gasteiger partial charge on any atom is -0.469 e. The molecule has 0 aromatic rings. The average molecular weight is 733 g/mol. The van der Waals surface area contributed by atoms with Crippen LogP contribution >= 0.6 is 0 Å². The number of aliphatic hydroxyl groups is 1. The van der Waals surface area contributed by atoms with E-state index in [2.05, 4.69) is 0 Å². The number of hydrogen-bond donors (Lipinski definition) is 1. The molecule has 0 spiro atoms. The van der Waals surface area contributed by atoms with Crippen molar-refractivity contribution in [2.75, 3.05) is 7.11 Å². The third-order valence-corrected chi connectivity index (χ3v) is 13.7. The molecule has 0 aromatic carbocycles. The predicted octanol–water partition coefficient (Wildman–Crippen LogP) is 1.84. The second kappa shape index (κ2) is 12.4. The Morgan fingerprint density at radius 3 is 1.88 bits per heavy atom. The Balaban J connectivity index is 1.68. The number of esters is 6. The van der Waals surface area contributed by atoms with Gasteiger partial charge in [0.05, 0.1) is 24.5 Å². The van der Waals surface area contributed by atoms with Gasteiger partial charge in [-0.25, -0.2) is 4.79 Å². The molecule has 6 aliphatic rings. The molecule has 15 heteroatoms. The molecule has 17 atom stereocenters. The molecule has 0 amide bonds. The van der Waals surface area contributed by atoms with E-state index >= 15 is 0 Å². The van der Waals surface area contributed by atoms with Gasteiger partial charge < -0.3 is 43.1 Å². The van der Waals surface area contributed by atoms with Crippen LogP contribution in [0, 0.1) is 57.7 Å². The lowest BCUT2D eigenvalue weighted by Gasteiger charge is -2.61. The van der Waals surface area contributed by atoms with Gasteiger partial charge in [-0.05, 0) is 38.2 Å². The van der Waals surface area contributed by atoms with Gasteiger partial charge in [-0.2, -0.15) is 0 Å². The molecule has 5 fully saturated rings. The Kier molecular flexibility index (Phi) is 9.00. The number of fused-ring (bicyclic) bond motifs is 6. The Morgan fingerprint density at radius 2 is 1.35 bits per heavy atom. The van der Waals surface area contributed by atoms with Crippen LogP contribution < -0.4 is 0 Å². The lowest BCUT2D eigenvalue weighted by Crippen LogP contribution is -2.70. The zero-order valence-electron chi connectivity index (χ0n) is 31.0. The Labute approximate surface area is 301 Å². The second-order valence-corrected chi connectivity index (χ2v) is 16.3. The lowest BCUT2D eigenvalue weighted by molar-refractivity contribution is -0.250. The van der Waals surface area contributed by atoms with Crippen LogP contribution in [-0.4, -0.2) is 96.5 Å². The molecule has 1 N–H and O–H groups in total. The van der Waals surface area contributed by atoms with Crippen LogP contribution in [0.2, 0.25) is 0 Å². The summed E-state index contributed by atoms with van der Waals surface area (Å²) in [4.78, 5) is 93.1. The number of ether oxygens (including phenoxy) is 7. The molecule has 3 saturated carbocycles. The zero-order valence-corrected chi connectivity index (χ0v) is 31.0. The zero-order chi connectivity index (χ0) is 38.6. The van der Waals surface area contributed by atoms with E-state index in [9.17, 15) is 38.7 Å². The number of methoxy groups -OCH3 is 1. The van der Waals surface area contributed by atoms with Gasteiger partial charge in [0, 0.05) is 62.2 Å². The molecular formula is C37H48O15. The highest BCUT2D eigenvalue weighted by Crippen LogP contribution is 2.74. The minimum atomic E-state index is -2.13. The van der Waals surface area contributed by atoms with E-state index < -0.39 is 136 Å². The van der Waals surface area contributed by atoms with Crippen LogP contribution in [0.5, 0.6) is 0 Å². The summed E-state index contributed by atoms with van der Waals surface area (Å²) in [7, 11) is 1.20. The number of hydrogen-bond acceptors (Lipinski definition) is 15. The molecule has 2 saturated heterocycles. The SMILES string of the molecule is COC(=O)C1C[C@@H]2O[C@@H]2[C@H](OC(C)=O)C1(C)C1C(C=O)C2C(OC(C)=O)C3C(C(C)C=C4OC(=O)[C@@](C)(O)[C@@]43C)[C@@]2(C)[C@@H](OC(C)=O)[C@H]1OC(C)=O. The van der Waals surface area contributed by atoms with E-state index in [0.717, 1.165) is 6.92 Å². The maximum atomic E-state index is 14.0. The first-order chi connectivity index (χ1) is 24.1. The summed E-state index contributed by atoms with van der Waals surface area (Å²) in [6.45, 7) is 13.0. The van der Waals surface area contributed by atoms with Crippen molar-refractivity contribution in [2.45, 2.75) is 111 Å². The first-order valence-electron chi connectivity index (χ1n) is 17.7. The number of rotatable bonds is 7. The van der Waals surface area contributed by atoms with Gasteiger partial charge >= 0.3 is 35.8 Å². The molecule has 0 radical (unpaired) electrons. The molecular weight excluding hydrogens is 684 g/mol. The van der Waals surface area contributed by atoms with Crippen molar-refractivity contribution in [1.29, 1.82) is 0 Å². The van der Waals surface area contributed by atoms with Crippen molar-refractivity contribution in [3.05, 3.63) is 11.8 Å². The van der Waals surface area contributed by atoms with E-state index in [1.165, 1.54) is 34.8 Å². The topological polar surface area (TPSA) is 208 Å². The van der Waals surface area contributed by atoms with Gasteiger partial charge in [0.2, 0.25) is 0 Å². The van der Waals surface area contributed by atoms with Crippen molar-refractivity contribution < 1.29 is 71.8 Å². The van der Waals surface area contributed by atoms with Gasteiger partial charge in [0.25, 0.3) is 0 Å². The fraction of sp³-hybridized carbons (Fsp3) is 0.757. The molecule has 2 heterocycles. The lowest BCUT2D eigenvalue weighted by atomic mass is 9.45. The molecule has 52 heavy (non-hydrogen) atoms. The predicted molar refractivity (Wildman–Crippen MR) is 173 cm³/mol. The number of epoxide rings is 1. The third-order valence-electron chi connectivity index (χ3n) is 13.7. The van der Waals surface area contributed by atoms with E-state index in [4.69, 9.17) is 33.2 Å². The fourth-order valence-corrected chi connectivity index (χ4v) is 11.7. The molecule has 9 unspecified atom stereocenters. The maximum absolute atomic E-state index is 14.0. The van der Waals surface area contributed by atoms with E-state index in [1.54, 1.807) is 26.8 Å². The van der Waals surface area contributed by atoms with Crippen molar-refractivity contribution in [3.8, 4) is 0 Å². The summed E-state index contributed by atoms with van der Waals surface area (Å²) in [5, 5.41) is 11.9. The van der Waals surface area contributed by atoms with Gasteiger partial charge in [-0.3, -0.25) is 24.0 Å². The normalized spacial score (nSPS) is 48.2. The van der Waals surface area contributed by atoms with Crippen molar-refractivity contribution >= 4 is 42.1 Å². The minimum absolute atomic E-state index is 0.115. The molecule has 0 bridgehead atoms. The summed E-state index contributed by atoms with van der Waals surface area (Å²) in [6, 6.07) is 0. The molecule has 286 valence electrons. The first kappa shape index (κ1) is 37.9. The van der Waals surface area contributed by atoms with Gasteiger partial charge in [0.1, 0.15) is 42.6 Å². The van der Waals surface area contributed by atoms with E-state index in [0.29, 0.717) is 6.29 Å². The Morgan fingerprint density at radius 1 is 0.808 bits per heavy atom. The quantitative estimate of drug-likeness (QED) is 0.171. The summed E-state index contributed by atoms with van der Waals surface area (Å²) in [5.41, 5.74) is -6.59. The molecule has 2 aliphatic heterocycles. The summed E-state index contributed by atoms with van der Waals surface area (Å²) in [6.07, 6.45) is -3.86. The molecule has 15 nitrogen and oxygen atoms in total. The van der Waals surface area contributed by atoms with Crippen molar-refractivity contribution in [3.63, 3.8) is 0 Å². The summed E-state index contributed by atoms with van der Waals surface area (Å²) < 4.78 is 41.4. The standard InChI is InChI=1S/C37H48O15/c1-14-11-22-36(8,37(9,45)33(44)52-22)26-23(14)35(7)24(28(26)47-15(2)39)19(13-38)25(29(48-16(3)40)31(35)50-18(5)42)34(6)20(32(43)46-10)12-21-27(51-21)30(34)49-17(4)41/h11,13-14,19-21,23-31,45H,12H2,1-10H3/t14?,19?,20?,21-,23?,24?,25?,26?,27-,28?,29-,30-,31-,34?,35+,36-,37+/m0/s1. The fourth-order valence-electron chi connectivity index (χ4n) is 11.7. The molecule has 0 aromatic heterocycles. The number of carbonyl (C=O) groups is 7. The highest BCUT2D eigenvalue weighted by molar-refractivity contribution is 5.85. The van der Waals surface area contributed by atoms with Crippen molar-refractivity contribution in [1.82, 2.24) is 0 Å². The van der Waals surface area contributed by atoms with Gasteiger partial charge in [-0.1, -0.05) is 20.8 Å². The first-order valence-corrected chi connectivity index (χ1v) is 17.7. The van der Waals surface area contributed by atoms with Gasteiger partial charge in [0.15, 0.2) is 5.60 Å². The van der Waals surface area contributed by atoms with Crippen LogP contribution in [0.1, 0.15) is 68.7 Å². The summed E-state index contributed by atoms with van der Waals surface area (Å²) in [5.74, 6) is -11.1. The number of carbonyl (C=O) groups excluding carboxylic acids is 7. The third kappa shape index (κ3) is 5.00. The Hall–Kier alpha value is -3.85. The summed E-state index contributed by atoms with van der Waals surface area (Å²) >= 11 is 0. The van der Waals surface area contributed by atoms with Crippen molar-refractivity contribution in [2.24, 2.45) is 57.7 Å². The second-order valence-electron chi connectivity index (χ2n) is 16.3. The molecule has 4 aliphatic carbocycles. The monoisotopic (exact) mass is 732 g/mol. The highest BCUT2D eigenvalue weighted by Gasteiger charge is 2.82. The van der Waals surface area contributed by atoms with Crippen LogP contribution in [-0.2, 0) is 66.7 Å². The largest absolute Gasteiger partial charge is 0.469 e. The van der Waals surface area contributed by atoms with E-state index in [1.807, 2.05) is 6.92 Å². The van der Waals surface area contributed by atoms with Crippen LogP contribution in [0.3, 0.4) is 0 Å². The van der Waals surface area contributed by atoms with E-state index in [-0.39, 0.29) is 12.2 Å². The molecule has 6 rings (SSSR count). The Bertz CT molecular complexity index is 1630. The smallest absolute Gasteiger partial charge is 0.343 e. The van der Waals surface area contributed by atoms with Crippen LogP contribution in [0.4, 0.5) is 0 Å². The number of aldehydes is 1.